The topological polar surface area (TPSA) is 97.8 Å². The summed E-state index contributed by atoms with van der Waals surface area (Å²) in [5, 5.41) is 22.6. The van der Waals surface area contributed by atoms with E-state index in [4.69, 9.17) is 21.4 Å². The summed E-state index contributed by atoms with van der Waals surface area (Å²) in [7, 11) is 1.59. The van der Waals surface area contributed by atoms with Crippen molar-refractivity contribution in [2.45, 2.75) is 25.8 Å². The van der Waals surface area contributed by atoms with E-state index < -0.39 is 6.09 Å². The molecule has 10 heteroatoms. The standard InChI is InChI=1S/C17H19ClN6O3/c1-10-15(11-7-14(27-2)16-13(18)8-19-23(16)9-11)20-21-24(10)12-3-5-22(6-4-12)17(25)26/h7-9,12H,3-6H2,1-2H3,(H,25,26). The van der Waals surface area contributed by atoms with Crippen LogP contribution in [0.4, 0.5) is 4.79 Å². The molecular weight excluding hydrogens is 372 g/mol. The summed E-state index contributed by atoms with van der Waals surface area (Å²) >= 11 is 6.18. The maximum Gasteiger partial charge on any atom is 0.407 e. The van der Waals surface area contributed by atoms with Crippen molar-refractivity contribution in [3.05, 3.63) is 29.2 Å². The van der Waals surface area contributed by atoms with Crippen molar-refractivity contribution >= 4 is 23.2 Å². The number of hydrogen-bond acceptors (Lipinski definition) is 5. The van der Waals surface area contributed by atoms with E-state index in [0.717, 1.165) is 17.0 Å². The van der Waals surface area contributed by atoms with Crippen LogP contribution in [0.25, 0.3) is 16.8 Å². The van der Waals surface area contributed by atoms with Crippen LogP contribution >= 0.6 is 11.6 Å². The molecule has 0 bridgehead atoms. The Kier molecular flexibility index (Phi) is 4.39. The molecule has 1 amide bonds. The van der Waals surface area contributed by atoms with E-state index in [1.807, 2.05) is 23.9 Å². The number of amides is 1. The van der Waals surface area contributed by atoms with Crippen LogP contribution in [0.15, 0.2) is 18.5 Å². The maximum absolute atomic E-state index is 11.1. The number of nitrogens with zero attached hydrogens (tertiary/aromatic N) is 6. The molecule has 0 atom stereocenters. The summed E-state index contributed by atoms with van der Waals surface area (Å²) in [4.78, 5) is 12.5. The minimum atomic E-state index is -0.872. The van der Waals surface area contributed by atoms with E-state index in [9.17, 15) is 4.79 Å². The summed E-state index contributed by atoms with van der Waals surface area (Å²) in [6.45, 7) is 2.96. The highest BCUT2D eigenvalue weighted by Gasteiger charge is 2.26. The van der Waals surface area contributed by atoms with Gasteiger partial charge < -0.3 is 14.7 Å². The van der Waals surface area contributed by atoms with Gasteiger partial charge >= 0.3 is 6.09 Å². The molecule has 0 unspecified atom stereocenters. The Balaban J connectivity index is 1.67. The molecule has 1 N–H and O–H groups in total. The predicted molar refractivity (Wildman–Crippen MR) is 98.4 cm³/mol. The monoisotopic (exact) mass is 390 g/mol. The highest BCUT2D eigenvalue weighted by molar-refractivity contribution is 6.34. The summed E-state index contributed by atoms with van der Waals surface area (Å²) in [5.41, 5.74) is 3.19. The average Bonchev–Trinajstić information content (AvgIpc) is 3.24. The number of rotatable bonds is 3. The largest absolute Gasteiger partial charge is 0.494 e. The van der Waals surface area contributed by atoms with Gasteiger partial charge in [-0.15, -0.1) is 5.10 Å². The molecule has 0 aromatic carbocycles. The van der Waals surface area contributed by atoms with E-state index in [2.05, 4.69) is 15.4 Å². The van der Waals surface area contributed by atoms with Gasteiger partial charge in [0.05, 0.1) is 30.1 Å². The zero-order chi connectivity index (χ0) is 19.1. The predicted octanol–water partition coefficient (Wildman–Crippen LogP) is 2.88. The van der Waals surface area contributed by atoms with Gasteiger partial charge in [0.1, 0.15) is 17.0 Å². The molecule has 1 saturated heterocycles. The lowest BCUT2D eigenvalue weighted by Gasteiger charge is -2.30. The number of likely N-dealkylation sites (tertiary alicyclic amines) is 1. The second kappa shape index (κ2) is 6.73. The molecule has 0 aliphatic carbocycles. The van der Waals surface area contributed by atoms with E-state index in [0.29, 0.717) is 42.2 Å². The molecule has 1 aliphatic heterocycles. The molecule has 3 aromatic heterocycles. The molecule has 27 heavy (non-hydrogen) atoms. The first-order valence-electron chi connectivity index (χ1n) is 8.60. The Hall–Kier alpha value is -2.81. The van der Waals surface area contributed by atoms with Crippen molar-refractivity contribution in [2.75, 3.05) is 20.2 Å². The minimum absolute atomic E-state index is 0.131. The SMILES string of the molecule is COc1cc(-c2nnn(C3CCN(C(=O)O)CC3)c2C)cn2ncc(Cl)c12. The van der Waals surface area contributed by atoms with Crippen LogP contribution in [0.3, 0.4) is 0 Å². The number of halogens is 1. The van der Waals surface area contributed by atoms with Crippen molar-refractivity contribution in [1.82, 2.24) is 29.5 Å². The Bertz CT molecular complexity index is 1010. The minimum Gasteiger partial charge on any atom is -0.494 e. The second-order valence-electron chi connectivity index (χ2n) is 6.55. The average molecular weight is 391 g/mol. The first-order chi connectivity index (χ1) is 13.0. The van der Waals surface area contributed by atoms with Crippen LogP contribution in [0.5, 0.6) is 5.75 Å². The van der Waals surface area contributed by atoms with Gasteiger partial charge in [0.25, 0.3) is 0 Å². The van der Waals surface area contributed by atoms with Gasteiger partial charge in [0.2, 0.25) is 0 Å². The first kappa shape index (κ1) is 17.6. The molecule has 1 fully saturated rings. The number of pyridine rings is 1. The number of piperidine rings is 1. The van der Waals surface area contributed by atoms with Gasteiger partial charge in [0.15, 0.2) is 0 Å². The maximum atomic E-state index is 11.1. The van der Waals surface area contributed by atoms with Crippen molar-refractivity contribution in [3.63, 3.8) is 0 Å². The van der Waals surface area contributed by atoms with Crippen LogP contribution in [0.2, 0.25) is 5.02 Å². The number of fused-ring (bicyclic) bond motifs is 1. The number of ether oxygens (including phenoxy) is 1. The van der Waals surface area contributed by atoms with E-state index >= 15 is 0 Å². The number of carbonyl (C=O) groups is 1. The number of carboxylic acid groups (broad SMARTS) is 1. The molecule has 0 spiro atoms. The fourth-order valence-electron chi connectivity index (χ4n) is 3.59. The fourth-order valence-corrected chi connectivity index (χ4v) is 3.81. The Morgan fingerprint density at radius 3 is 2.78 bits per heavy atom. The van der Waals surface area contributed by atoms with Crippen LogP contribution < -0.4 is 4.74 Å². The molecule has 3 aromatic rings. The van der Waals surface area contributed by atoms with E-state index in [1.54, 1.807) is 17.8 Å². The lowest BCUT2D eigenvalue weighted by molar-refractivity contribution is 0.123. The molecule has 0 saturated carbocycles. The third-order valence-electron chi connectivity index (χ3n) is 5.03. The second-order valence-corrected chi connectivity index (χ2v) is 6.96. The summed E-state index contributed by atoms with van der Waals surface area (Å²) in [6.07, 6.45) is 3.98. The molecule has 4 rings (SSSR count). The fraction of sp³-hybridized carbons (Fsp3) is 0.412. The first-order valence-corrected chi connectivity index (χ1v) is 8.98. The Morgan fingerprint density at radius 2 is 2.11 bits per heavy atom. The zero-order valence-corrected chi connectivity index (χ0v) is 15.7. The van der Waals surface area contributed by atoms with Crippen molar-refractivity contribution in [2.24, 2.45) is 0 Å². The van der Waals surface area contributed by atoms with E-state index in [1.165, 1.54) is 4.90 Å². The molecule has 9 nitrogen and oxygen atoms in total. The summed E-state index contributed by atoms with van der Waals surface area (Å²) < 4.78 is 9.02. The summed E-state index contributed by atoms with van der Waals surface area (Å²) in [5.74, 6) is 0.610. The van der Waals surface area contributed by atoms with Crippen LogP contribution in [0.1, 0.15) is 24.6 Å². The third kappa shape index (κ3) is 2.97. The van der Waals surface area contributed by atoms with Crippen LogP contribution in [0, 0.1) is 6.92 Å². The zero-order valence-electron chi connectivity index (χ0n) is 15.0. The number of methoxy groups -OCH3 is 1. The van der Waals surface area contributed by atoms with E-state index in [-0.39, 0.29) is 6.04 Å². The molecular formula is C17H19ClN6O3. The van der Waals surface area contributed by atoms with Crippen LogP contribution in [-0.2, 0) is 0 Å². The van der Waals surface area contributed by atoms with Gasteiger partial charge in [-0.05, 0) is 25.8 Å². The number of hydrogen-bond donors (Lipinski definition) is 1. The Morgan fingerprint density at radius 1 is 1.37 bits per heavy atom. The summed E-state index contributed by atoms with van der Waals surface area (Å²) in [6, 6.07) is 2.00. The van der Waals surface area contributed by atoms with Gasteiger partial charge in [-0.1, -0.05) is 16.8 Å². The van der Waals surface area contributed by atoms with Crippen molar-refractivity contribution < 1.29 is 14.6 Å². The third-order valence-corrected chi connectivity index (χ3v) is 5.31. The number of aromatic nitrogens is 5. The molecule has 0 radical (unpaired) electrons. The quantitative estimate of drug-likeness (QED) is 0.738. The lowest BCUT2D eigenvalue weighted by atomic mass is 10.0. The molecule has 4 heterocycles. The lowest BCUT2D eigenvalue weighted by Crippen LogP contribution is -2.38. The molecule has 142 valence electrons. The highest BCUT2D eigenvalue weighted by Crippen LogP contribution is 2.33. The van der Waals surface area contributed by atoms with Gasteiger partial charge in [-0.3, -0.25) is 0 Å². The smallest absolute Gasteiger partial charge is 0.407 e. The molecule has 1 aliphatic rings. The highest BCUT2D eigenvalue weighted by atomic mass is 35.5. The van der Waals surface area contributed by atoms with Gasteiger partial charge in [-0.2, -0.15) is 5.10 Å². The van der Waals surface area contributed by atoms with Gasteiger partial charge in [0, 0.05) is 24.8 Å². The Labute approximate surface area is 160 Å². The van der Waals surface area contributed by atoms with Gasteiger partial charge in [-0.25, -0.2) is 14.0 Å². The van der Waals surface area contributed by atoms with Crippen LogP contribution in [-0.4, -0.2) is 60.9 Å². The normalized spacial score (nSPS) is 15.4. The van der Waals surface area contributed by atoms with Crippen molar-refractivity contribution in [1.29, 1.82) is 0 Å². The van der Waals surface area contributed by atoms with Crippen molar-refractivity contribution in [3.8, 4) is 17.0 Å².